The van der Waals surface area contributed by atoms with Crippen LogP contribution in [0.2, 0.25) is 5.02 Å². The van der Waals surface area contributed by atoms with Gasteiger partial charge in [-0.25, -0.2) is 0 Å². The fourth-order valence-electron chi connectivity index (χ4n) is 2.27. The molecule has 0 saturated carbocycles. The van der Waals surface area contributed by atoms with Gasteiger partial charge in [-0.3, -0.25) is 10.1 Å². The van der Waals surface area contributed by atoms with Crippen LogP contribution in [0.1, 0.15) is 15.9 Å². The fraction of sp³-hybridized carbons (Fsp3) is 0.176. The Labute approximate surface area is 164 Å². The summed E-state index contributed by atoms with van der Waals surface area (Å²) in [6.45, 7) is 1.85. The molecule has 2 rings (SSSR count). The second kappa shape index (κ2) is 8.51. The third-order valence-electron chi connectivity index (χ3n) is 3.32. The molecule has 0 unspecified atom stereocenters. The number of thiocarbonyl (C=S) groups is 1. The van der Waals surface area contributed by atoms with Gasteiger partial charge in [-0.15, -0.1) is 0 Å². The number of hydrogen-bond donors (Lipinski definition) is 2. The van der Waals surface area contributed by atoms with Crippen molar-refractivity contribution in [2.75, 3.05) is 19.5 Å². The summed E-state index contributed by atoms with van der Waals surface area (Å²) < 4.78 is 11.3. The van der Waals surface area contributed by atoms with Crippen molar-refractivity contribution >= 4 is 56.5 Å². The van der Waals surface area contributed by atoms with E-state index in [1.165, 1.54) is 14.2 Å². The van der Waals surface area contributed by atoms with Gasteiger partial charge >= 0.3 is 0 Å². The molecular formula is C17H16BrClN2O3S. The molecule has 0 saturated heterocycles. The third-order valence-corrected chi connectivity index (χ3v) is 4.22. The van der Waals surface area contributed by atoms with Crippen LogP contribution in [0.25, 0.3) is 0 Å². The van der Waals surface area contributed by atoms with Gasteiger partial charge in [-0.05, 0) is 55.0 Å². The van der Waals surface area contributed by atoms with Crippen LogP contribution in [-0.2, 0) is 0 Å². The molecule has 8 heteroatoms. The van der Waals surface area contributed by atoms with E-state index in [1.54, 1.807) is 24.3 Å². The third kappa shape index (κ3) is 4.84. The number of halogens is 2. The van der Waals surface area contributed by atoms with E-state index >= 15 is 0 Å². The van der Waals surface area contributed by atoms with Crippen LogP contribution in [0.3, 0.4) is 0 Å². The van der Waals surface area contributed by atoms with Crippen LogP contribution in [0.4, 0.5) is 5.69 Å². The SMILES string of the molecule is COc1ccc(Cl)cc1NC(=S)NC(=O)c1cc(Br)cc(C)c1OC. The molecule has 0 radical (unpaired) electrons. The van der Waals surface area contributed by atoms with Crippen LogP contribution in [0, 0.1) is 6.92 Å². The van der Waals surface area contributed by atoms with Crippen molar-refractivity contribution in [3.8, 4) is 11.5 Å². The molecule has 5 nitrogen and oxygen atoms in total. The highest BCUT2D eigenvalue weighted by Crippen LogP contribution is 2.29. The van der Waals surface area contributed by atoms with Gasteiger partial charge in [0.25, 0.3) is 5.91 Å². The molecule has 132 valence electrons. The Morgan fingerprint density at radius 2 is 1.92 bits per heavy atom. The average molecular weight is 444 g/mol. The molecule has 0 aromatic heterocycles. The minimum absolute atomic E-state index is 0.116. The maximum Gasteiger partial charge on any atom is 0.261 e. The van der Waals surface area contributed by atoms with Crippen LogP contribution in [-0.4, -0.2) is 25.2 Å². The van der Waals surface area contributed by atoms with Gasteiger partial charge in [0.05, 0.1) is 25.5 Å². The molecule has 2 N–H and O–H groups in total. The summed E-state index contributed by atoms with van der Waals surface area (Å²) >= 11 is 14.6. The van der Waals surface area contributed by atoms with Crippen molar-refractivity contribution in [1.82, 2.24) is 5.32 Å². The van der Waals surface area contributed by atoms with Gasteiger partial charge in [-0.2, -0.15) is 0 Å². The smallest absolute Gasteiger partial charge is 0.261 e. The largest absolute Gasteiger partial charge is 0.496 e. The van der Waals surface area contributed by atoms with Crippen LogP contribution in [0.15, 0.2) is 34.8 Å². The summed E-state index contributed by atoms with van der Waals surface area (Å²) in [4.78, 5) is 12.6. The highest BCUT2D eigenvalue weighted by molar-refractivity contribution is 9.10. The van der Waals surface area contributed by atoms with E-state index in [0.717, 1.165) is 10.0 Å². The molecule has 0 aliphatic rings. The first kappa shape index (κ1) is 19.5. The molecule has 2 aromatic rings. The summed E-state index contributed by atoms with van der Waals surface area (Å²) in [6.07, 6.45) is 0. The highest BCUT2D eigenvalue weighted by atomic mass is 79.9. The molecule has 2 aromatic carbocycles. The van der Waals surface area contributed by atoms with E-state index in [-0.39, 0.29) is 11.0 Å². The Bertz CT molecular complexity index is 830. The number of rotatable bonds is 4. The predicted octanol–water partition coefficient (Wildman–Crippen LogP) is 4.55. The first-order chi connectivity index (χ1) is 11.8. The topological polar surface area (TPSA) is 59.6 Å². The molecular weight excluding hydrogens is 428 g/mol. The van der Waals surface area contributed by atoms with Gasteiger partial charge in [0.15, 0.2) is 5.11 Å². The highest BCUT2D eigenvalue weighted by Gasteiger charge is 2.17. The minimum atomic E-state index is -0.389. The summed E-state index contributed by atoms with van der Waals surface area (Å²) in [5.74, 6) is 0.653. The molecule has 1 amide bonds. The zero-order valence-corrected chi connectivity index (χ0v) is 16.9. The monoisotopic (exact) mass is 442 g/mol. The van der Waals surface area contributed by atoms with E-state index in [1.807, 2.05) is 13.0 Å². The number of nitrogens with one attached hydrogen (secondary N) is 2. The lowest BCUT2D eigenvalue weighted by Gasteiger charge is -2.15. The summed E-state index contributed by atoms with van der Waals surface area (Å²) in [6, 6.07) is 8.59. The fourth-order valence-corrected chi connectivity index (χ4v) is 3.22. The van der Waals surface area contributed by atoms with Crippen LogP contribution < -0.4 is 20.1 Å². The first-order valence-electron chi connectivity index (χ1n) is 7.15. The van der Waals surface area contributed by atoms with Crippen molar-refractivity contribution < 1.29 is 14.3 Å². The van der Waals surface area contributed by atoms with Crippen LogP contribution >= 0.6 is 39.7 Å². The molecule has 0 fully saturated rings. The Hall–Kier alpha value is -1.83. The normalized spacial score (nSPS) is 10.1. The number of amides is 1. The molecule has 0 heterocycles. The number of anilines is 1. The van der Waals surface area contributed by atoms with Gasteiger partial charge < -0.3 is 14.8 Å². The van der Waals surface area contributed by atoms with Gasteiger partial charge in [0.1, 0.15) is 11.5 Å². The van der Waals surface area contributed by atoms with E-state index in [0.29, 0.717) is 27.8 Å². The Morgan fingerprint density at radius 3 is 2.56 bits per heavy atom. The Kier molecular flexibility index (Phi) is 6.64. The molecule has 25 heavy (non-hydrogen) atoms. The summed E-state index contributed by atoms with van der Waals surface area (Å²) in [7, 11) is 3.05. The van der Waals surface area contributed by atoms with Crippen molar-refractivity contribution in [1.29, 1.82) is 0 Å². The summed E-state index contributed by atoms with van der Waals surface area (Å²) in [5.41, 5.74) is 1.76. The predicted molar refractivity (Wildman–Crippen MR) is 107 cm³/mol. The van der Waals surface area contributed by atoms with Crippen LogP contribution in [0.5, 0.6) is 11.5 Å². The van der Waals surface area contributed by atoms with E-state index < -0.39 is 0 Å². The van der Waals surface area contributed by atoms with Crippen molar-refractivity contribution in [3.63, 3.8) is 0 Å². The Balaban J connectivity index is 2.19. The van der Waals surface area contributed by atoms with Crippen molar-refractivity contribution in [2.24, 2.45) is 0 Å². The molecule has 0 spiro atoms. The quantitative estimate of drug-likeness (QED) is 0.679. The molecule has 0 atom stereocenters. The van der Waals surface area contributed by atoms with Crippen molar-refractivity contribution in [3.05, 3.63) is 51.0 Å². The molecule has 0 bridgehead atoms. The lowest BCUT2D eigenvalue weighted by Crippen LogP contribution is -2.34. The number of aryl methyl sites for hydroxylation is 1. The second-order valence-corrected chi connectivity index (χ2v) is 6.82. The van der Waals surface area contributed by atoms with E-state index in [9.17, 15) is 4.79 Å². The zero-order chi connectivity index (χ0) is 18.6. The maximum absolute atomic E-state index is 12.6. The van der Waals surface area contributed by atoms with Gasteiger partial charge in [0.2, 0.25) is 0 Å². The number of carbonyl (C=O) groups is 1. The van der Waals surface area contributed by atoms with E-state index in [2.05, 4.69) is 26.6 Å². The summed E-state index contributed by atoms with van der Waals surface area (Å²) in [5, 5.41) is 6.17. The maximum atomic E-state index is 12.6. The number of methoxy groups -OCH3 is 2. The first-order valence-corrected chi connectivity index (χ1v) is 8.73. The number of benzene rings is 2. The second-order valence-electron chi connectivity index (χ2n) is 5.06. The molecule has 0 aliphatic carbocycles. The minimum Gasteiger partial charge on any atom is -0.496 e. The lowest BCUT2D eigenvalue weighted by molar-refractivity contribution is 0.0974. The number of hydrogen-bond acceptors (Lipinski definition) is 4. The van der Waals surface area contributed by atoms with Gasteiger partial charge in [-0.1, -0.05) is 27.5 Å². The number of carbonyl (C=O) groups excluding carboxylic acids is 1. The molecule has 0 aliphatic heterocycles. The van der Waals surface area contributed by atoms with Crippen molar-refractivity contribution in [2.45, 2.75) is 6.92 Å². The number of ether oxygens (including phenoxy) is 2. The standard InChI is InChI=1S/C17H16BrClN2O3S/c1-9-6-10(18)7-12(15(9)24-3)16(22)21-17(25)20-13-8-11(19)4-5-14(13)23-2/h4-8H,1-3H3,(H2,20,21,22,25). The Morgan fingerprint density at radius 1 is 1.20 bits per heavy atom. The zero-order valence-electron chi connectivity index (χ0n) is 13.8. The van der Waals surface area contributed by atoms with E-state index in [4.69, 9.17) is 33.3 Å². The lowest BCUT2D eigenvalue weighted by atomic mass is 10.1. The average Bonchev–Trinajstić information content (AvgIpc) is 2.54. The van der Waals surface area contributed by atoms with Gasteiger partial charge in [0, 0.05) is 9.50 Å².